The molecule has 1 fully saturated rings. The van der Waals surface area contributed by atoms with Gasteiger partial charge in [-0.05, 0) is 31.0 Å². The molecular formula is C14H14N4O2S. The Morgan fingerprint density at radius 2 is 1.90 bits per heavy atom. The van der Waals surface area contributed by atoms with Gasteiger partial charge in [-0.1, -0.05) is 6.07 Å². The Balaban J connectivity index is 2.24. The Kier molecular flexibility index (Phi) is 4.59. The maximum absolute atomic E-state index is 12.4. The third kappa shape index (κ3) is 3.40. The van der Waals surface area contributed by atoms with Crippen molar-refractivity contribution in [2.45, 2.75) is 17.7 Å². The smallest absolute Gasteiger partial charge is 0.243 e. The zero-order valence-corrected chi connectivity index (χ0v) is 12.1. The van der Waals surface area contributed by atoms with Gasteiger partial charge in [0, 0.05) is 25.0 Å². The molecule has 0 aliphatic carbocycles. The number of allylic oxidation sites excluding steroid dienone is 1. The Hall–Kier alpha value is -2.35. The summed E-state index contributed by atoms with van der Waals surface area (Å²) in [5.41, 5.74) is 0.432. The Bertz CT molecular complexity index is 719. The quantitative estimate of drug-likeness (QED) is 0.855. The summed E-state index contributed by atoms with van der Waals surface area (Å²) in [5, 5.41) is 20.1. The minimum absolute atomic E-state index is 0.0807. The maximum Gasteiger partial charge on any atom is 0.243 e. The lowest BCUT2D eigenvalue weighted by atomic mass is 10.3. The van der Waals surface area contributed by atoms with Crippen LogP contribution in [0.3, 0.4) is 0 Å². The largest absolute Gasteiger partial charge is 0.360 e. The van der Waals surface area contributed by atoms with Gasteiger partial charge in [-0.2, -0.15) is 14.8 Å². The summed E-state index contributed by atoms with van der Waals surface area (Å²) in [4.78, 5) is 0.207. The molecule has 1 aromatic rings. The number of hydrogen-bond donors (Lipinski definition) is 1. The van der Waals surface area contributed by atoms with Crippen molar-refractivity contribution in [1.29, 1.82) is 10.5 Å². The third-order valence-electron chi connectivity index (χ3n) is 3.16. The van der Waals surface area contributed by atoms with E-state index in [2.05, 4.69) is 5.32 Å². The zero-order valence-electron chi connectivity index (χ0n) is 11.3. The van der Waals surface area contributed by atoms with E-state index < -0.39 is 10.0 Å². The molecule has 108 valence electrons. The van der Waals surface area contributed by atoms with Gasteiger partial charge in [0.05, 0.1) is 4.90 Å². The molecule has 1 aliphatic heterocycles. The predicted octanol–water partition coefficient (Wildman–Crippen LogP) is 1.81. The van der Waals surface area contributed by atoms with E-state index in [0.29, 0.717) is 18.8 Å². The third-order valence-corrected chi connectivity index (χ3v) is 5.06. The number of sulfonamides is 1. The van der Waals surface area contributed by atoms with Crippen LogP contribution in [0.1, 0.15) is 12.8 Å². The molecule has 0 saturated carbocycles. The fourth-order valence-corrected chi connectivity index (χ4v) is 3.63. The van der Waals surface area contributed by atoms with Gasteiger partial charge in [0.1, 0.15) is 17.7 Å². The van der Waals surface area contributed by atoms with Gasteiger partial charge in [0.15, 0.2) is 0 Å². The van der Waals surface area contributed by atoms with Crippen LogP contribution in [-0.4, -0.2) is 25.8 Å². The van der Waals surface area contributed by atoms with Gasteiger partial charge in [-0.25, -0.2) is 8.42 Å². The standard InChI is InChI=1S/C14H14N4O2S/c15-9-12(10-16)11-17-13-4-3-5-14(8-13)21(19,20)18-6-1-2-7-18/h3-5,8,11,17H,1-2,6-7H2. The van der Waals surface area contributed by atoms with Gasteiger partial charge in [-0.3, -0.25) is 0 Å². The van der Waals surface area contributed by atoms with E-state index in [9.17, 15) is 8.42 Å². The molecule has 0 aromatic heterocycles. The first kappa shape index (κ1) is 15.0. The second kappa shape index (κ2) is 6.40. The molecule has 0 unspecified atom stereocenters. The summed E-state index contributed by atoms with van der Waals surface area (Å²) in [6, 6.07) is 9.78. The van der Waals surface area contributed by atoms with E-state index in [4.69, 9.17) is 10.5 Å². The second-order valence-corrected chi connectivity index (χ2v) is 6.50. The highest BCUT2D eigenvalue weighted by Gasteiger charge is 2.27. The number of nitrogens with one attached hydrogen (secondary N) is 1. The molecule has 0 spiro atoms. The van der Waals surface area contributed by atoms with Gasteiger partial charge < -0.3 is 5.32 Å². The number of anilines is 1. The number of nitrogens with zero attached hydrogens (tertiary/aromatic N) is 3. The first-order chi connectivity index (χ1) is 10.1. The normalized spacial score (nSPS) is 15.0. The van der Waals surface area contributed by atoms with E-state index in [1.807, 2.05) is 0 Å². The van der Waals surface area contributed by atoms with E-state index in [1.165, 1.54) is 22.6 Å². The van der Waals surface area contributed by atoms with Crippen molar-refractivity contribution in [1.82, 2.24) is 4.31 Å². The molecule has 0 amide bonds. The Morgan fingerprint density at radius 3 is 2.52 bits per heavy atom. The molecule has 7 heteroatoms. The maximum atomic E-state index is 12.4. The van der Waals surface area contributed by atoms with Crippen molar-refractivity contribution in [2.24, 2.45) is 0 Å². The predicted molar refractivity (Wildman–Crippen MR) is 77.4 cm³/mol. The molecule has 6 nitrogen and oxygen atoms in total. The lowest BCUT2D eigenvalue weighted by Crippen LogP contribution is -2.27. The first-order valence-corrected chi connectivity index (χ1v) is 7.89. The molecule has 0 radical (unpaired) electrons. The summed E-state index contributed by atoms with van der Waals surface area (Å²) in [6.45, 7) is 1.10. The molecule has 2 rings (SSSR count). The van der Waals surface area contributed by atoms with Gasteiger partial charge in [0.25, 0.3) is 0 Å². The number of hydrogen-bond acceptors (Lipinski definition) is 5. The molecule has 0 bridgehead atoms. The molecule has 1 N–H and O–H groups in total. The molecule has 1 saturated heterocycles. The summed E-state index contributed by atoms with van der Waals surface area (Å²) in [5.74, 6) is 0. The fraction of sp³-hybridized carbons (Fsp3) is 0.286. The average Bonchev–Trinajstić information content (AvgIpc) is 3.03. The Labute approximate surface area is 124 Å². The van der Waals surface area contributed by atoms with Crippen molar-refractivity contribution < 1.29 is 8.42 Å². The minimum atomic E-state index is -3.47. The van der Waals surface area contributed by atoms with Crippen LogP contribution in [-0.2, 0) is 10.0 Å². The summed E-state index contributed by atoms with van der Waals surface area (Å²) in [7, 11) is -3.47. The van der Waals surface area contributed by atoms with Crippen LogP contribution in [0.2, 0.25) is 0 Å². The molecule has 1 aromatic carbocycles. The molecule has 1 heterocycles. The van der Waals surface area contributed by atoms with Crippen LogP contribution in [0.25, 0.3) is 0 Å². The van der Waals surface area contributed by atoms with Gasteiger partial charge in [-0.15, -0.1) is 0 Å². The lowest BCUT2D eigenvalue weighted by molar-refractivity contribution is 0.477. The fourth-order valence-electron chi connectivity index (χ4n) is 2.07. The highest BCUT2D eigenvalue weighted by atomic mass is 32.2. The van der Waals surface area contributed by atoms with Crippen LogP contribution in [0.4, 0.5) is 5.69 Å². The van der Waals surface area contributed by atoms with Crippen LogP contribution in [0, 0.1) is 22.7 Å². The summed E-state index contributed by atoms with van der Waals surface area (Å²) < 4.78 is 26.3. The Morgan fingerprint density at radius 1 is 1.24 bits per heavy atom. The SMILES string of the molecule is N#CC(C#N)=CNc1cccc(S(=O)(=O)N2CCCC2)c1. The van der Waals surface area contributed by atoms with Crippen molar-refractivity contribution in [3.63, 3.8) is 0 Å². The summed E-state index contributed by atoms with van der Waals surface area (Å²) >= 11 is 0. The van der Waals surface area contributed by atoms with Crippen LogP contribution >= 0.6 is 0 Å². The molecule has 21 heavy (non-hydrogen) atoms. The summed E-state index contributed by atoms with van der Waals surface area (Å²) in [6.07, 6.45) is 3.02. The van der Waals surface area contributed by atoms with E-state index >= 15 is 0 Å². The zero-order chi connectivity index (χ0) is 15.3. The van der Waals surface area contributed by atoms with Crippen molar-refractivity contribution in [3.8, 4) is 12.1 Å². The lowest BCUT2D eigenvalue weighted by Gasteiger charge is -2.16. The monoisotopic (exact) mass is 302 g/mol. The second-order valence-electron chi connectivity index (χ2n) is 4.56. The molecular weight excluding hydrogens is 288 g/mol. The number of nitriles is 2. The van der Waals surface area contributed by atoms with Crippen molar-refractivity contribution in [2.75, 3.05) is 18.4 Å². The highest BCUT2D eigenvalue weighted by Crippen LogP contribution is 2.23. The first-order valence-electron chi connectivity index (χ1n) is 6.45. The van der Waals surface area contributed by atoms with Crippen LogP contribution in [0.5, 0.6) is 0 Å². The van der Waals surface area contributed by atoms with Crippen molar-refractivity contribution in [3.05, 3.63) is 36.0 Å². The van der Waals surface area contributed by atoms with E-state index in [0.717, 1.165) is 12.8 Å². The number of rotatable bonds is 4. The van der Waals surface area contributed by atoms with E-state index in [-0.39, 0.29) is 10.5 Å². The van der Waals surface area contributed by atoms with Crippen LogP contribution in [0.15, 0.2) is 40.9 Å². The molecule has 1 aliphatic rings. The van der Waals surface area contributed by atoms with E-state index in [1.54, 1.807) is 24.3 Å². The van der Waals surface area contributed by atoms with Gasteiger partial charge >= 0.3 is 0 Å². The topological polar surface area (TPSA) is 97.0 Å². The molecule has 0 atom stereocenters. The van der Waals surface area contributed by atoms with Gasteiger partial charge in [0.2, 0.25) is 10.0 Å². The average molecular weight is 302 g/mol. The van der Waals surface area contributed by atoms with Crippen LogP contribution < -0.4 is 5.32 Å². The number of benzene rings is 1. The minimum Gasteiger partial charge on any atom is -0.360 e. The van der Waals surface area contributed by atoms with Crippen molar-refractivity contribution >= 4 is 15.7 Å². The highest BCUT2D eigenvalue weighted by molar-refractivity contribution is 7.89.